The van der Waals surface area contributed by atoms with Gasteiger partial charge in [-0.25, -0.2) is 4.39 Å². The van der Waals surface area contributed by atoms with Gasteiger partial charge >= 0.3 is 0 Å². The third-order valence-corrected chi connectivity index (χ3v) is 2.47. The molecular weight excluding hydrogens is 219 g/mol. The average Bonchev–Trinajstić information content (AvgIpc) is 2.26. The SMILES string of the molecule is CNCC(C)(C)CNC(=O)c1cccc(F)c1. The molecule has 1 amide bonds. The highest BCUT2D eigenvalue weighted by Gasteiger charge is 2.18. The van der Waals surface area contributed by atoms with Crippen molar-refractivity contribution in [1.29, 1.82) is 0 Å². The summed E-state index contributed by atoms with van der Waals surface area (Å²) in [6.07, 6.45) is 0. The number of nitrogens with one attached hydrogen (secondary N) is 2. The molecule has 0 aliphatic heterocycles. The average molecular weight is 238 g/mol. The Morgan fingerprint density at radius 2 is 2.06 bits per heavy atom. The Morgan fingerprint density at radius 1 is 1.35 bits per heavy atom. The number of carbonyl (C=O) groups excluding carboxylic acids is 1. The minimum atomic E-state index is -0.396. The van der Waals surface area contributed by atoms with Gasteiger partial charge in [0, 0.05) is 18.7 Å². The molecule has 0 bridgehead atoms. The predicted molar refractivity (Wildman–Crippen MR) is 66.4 cm³/mol. The van der Waals surface area contributed by atoms with Crippen molar-refractivity contribution in [2.24, 2.45) is 5.41 Å². The normalized spacial score (nSPS) is 11.3. The van der Waals surface area contributed by atoms with Crippen LogP contribution < -0.4 is 10.6 Å². The molecule has 0 aliphatic carbocycles. The van der Waals surface area contributed by atoms with E-state index >= 15 is 0 Å². The van der Waals surface area contributed by atoms with E-state index in [1.807, 2.05) is 7.05 Å². The molecule has 2 N–H and O–H groups in total. The fraction of sp³-hybridized carbons (Fsp3) is 0.462. The largest absolute Gasteiger partial charge is 0.351 e. The molecule has 0 radical (unpaired) electrons. The molecule has 0 atom stereocenters. The number of benzene rings is 1. The van der Waals surface area contributed by atoms with Crippen LogP contribution in [0.3, 0.4) is 0 Å². The first kappa shape index (κ1) is 13.6. The van der Waals surface area contributed by atoms with E-state index in [0.29, 0.717) is 12.1 Å². The van der Waals surface area contributed by atoms with Gasteiger partial charge in [-0.15, -0.1) is 0 Å². The van der Waals surface area contributed by atoms with E-state index < -0.39 is 5.82 Å². The predicted octanol–water partition coefficient (Wildman–Crippen LogP) is 1.80. The molecule has 4 heteroatoms. The quantitative estimate of drug-likeness (QED) is 0.821. The van der Waals surface area contributed by atoms with E-state index in [9.17, 15) is 9.18 Å². The Hall–Kier alpha value is -1.42. The first-order chi connectivity index (χ1) is 7.94. The van der Waals surface area contributed by atoms with Gasteiger partial charge in [0.05, 0.1) is 0 Å². The van der Waals surface area contributed by atoms with Gasteiger partial charge in [0.15, 0.2) is 0 Å². The molecule has 0 aliphatic rings. The van der Waals surface area contributed by atoms with E-state index in [-0.39, 0.29) is 11.3 Å². The van der Waals surface area contributed by atoms with E-state index in [0.717, 1.165) is 6.54 Å². The molecule has 1 aromatic rings. The lowest BCUT2D eigenvalue weighted by Gasteiger charge is -2.24. The highest BCUT2D eigenvalue weighted by atomic mass is 19.1. The van der Waals surface area contributed by atoms with Gasteiger partial charge in [-0.2, -0.15) is 0 Å². The van der Waals surface area contributed by atoms with Crippen molar-refractivity contribution in [2.75, 3.05) is 20.1 Å². The number of hydrogen-bond acceptors (Lipinski definition) is 2. The van der Waals surface area contributed by atoms with E-state index in [1.54, 1.807) is 6.07 Å². The first-order valence-corrected chi connectivity index (χ1v) is 5.63. The zero-order chi connectivity index (χ0) is 12.9. The maximum atomic E-state index is 12.9. The third kappa shape index (κ3) is 4.53. The maximum absolute atomic E-state index is 12.9. The second-order valence-corrected chi connectivity index (χ2v) is 4.89. The Morgan fingerprint density at radius 3 is 2.65 bits per heavy atom. The number of rotatable bonds is 5. The maximum Gasteiger partial charge on any atom is 0.251 e. The van der Waals surface area contributed by atoms with Gasteiger partial charge in [-0.1, -0.05) is 19.9 Å². The van der Waals surface area contributed by atoms with E-state index in [1.165, 1.54) is 18.2 Å². The van der Waals surface area contributed by atoms with Crippen LogP contribution in [0.1, 0.15) is 24.2 Å². The van der Waals surface area contributed by atoms with Crippen molar-refractivity contribution in [1.82, 2.24) is 10.6 Å². The topological polar surface area (TPSA) is 41.1 Å². The van der Waals surface area contributed by atoms with Gasteiger partial charge in [-0.05, 0) is 30.7 Å². The summed E-state index contributed by atoms with van der Waals surface area (Å²) >= 11 is 0. The smallest absolute Gasteiger partial charge is 0.251 e. The molecule has 0 saturated carbocycles. The van der Waals surface area contributed by atoms with Crippen molar-refractivity contribution in [3.8, 4) is 0 Å². The van der Waals surface area contributed by atoms with Crippen LogP contribution in [0, 0.1) is 11.2 Å². The van der Waals surface area contributed by atoms with Crippen LogP contribution in [0.5, 0.6) is 0 Å². The minimum absolute atomic E-state index is 0.0300. The molecule has 0 saturated heterocycles. The Kier molecular flexibility index (Phi) is 4.63. The lowest BCUT2D eigenvalue weighted by Crippen LogP contribution is -2.39. The number of hydrogen-bond donors (Lipinski definition) is 2. The molecule has 94 valence electrons. The van der Waals surface area contributed by atoms with Gasteiger partial charge in [0.2, 0.25) is 0 Å². The molecular formula is C13H19FN2O. The molecule has 1 aromatic carbocycles. The van der Waals surface area contributed by atoms with Crippen LogP contribution in [0.2, 0.25) is 0 Å². The summed E-state index contributed by atoms with van der Waals surface area (Å²) in [5, 5.41) is 5.87. The van der Waals surface area contributed by atoms with Crippen molar-refractivity contribution in [2.45, 2.75) is 13.8 Å². The third-order valence-electron chi connectivity index (χ3n) is 2.47. The Bertz CT molecular complexity index is 391. The summed E-state index contributed by atoms with van der Waals surface area (Å²) in [7, 11) is 1.87. The van der Waals surface area contributed by atoms with Crippen molar-refractivity contribution >= 4 is 5.91 Å². The van der Waals surface area contributed by atoms with E-state index in [4.69, 9.17) is 0 Å². The monoisotopic (exact) mass is 238 g/mol. The molecule has 1 rings (SSSR count). The fourth-order valence-electron chi connectivity index (χ4n) is 1.59. The van der Waals surface area contributed by atoms with Crippen LogP contribution in [0.15, 0.2) is 24.3 Å². The van der Waals surface area contributed by atoms with Crippen LogP contribution in [0.25, 0.3) is 0 Å². The van der Waals surface area contributed by atoms with Gasteiger partial charge < -0.3 is 10.6 Å². The Balaban J connectivity index is 2.56. The highest BCUT2D eigenvalue weighted by molar-refractivity contribution is 5.94. The summed E-state index contributed by atoms with van der Waals surface area (Å²) in [6, 6.07) is 5.69. The molecule has 0 heterocycles. The van der Waals surface area contributed by atoms with Crippen molar-refractivity contribution < 1.29 is 9.18 Å². The zero-order valence-corrected chi connectivity index (χ0v) is 10.5. The summed E-state index contributed by atoms with van der Waals surface area (Å²) in [5.74, 6) is -0.638. The molecule has 0 unspecified atom stereocenters. The number of halogens is 1. The van der Waals surface area contributed by atoms with Crippen LogP contribution >= 0.6 is 0 Å². The van der Waals surface area contributed by atoms with Gasteiger partial charge in [0.25, 0.3) is 5.91 Å². The second kappa shape index (κ2) is 5.77. The molecule has 3 nitrogen and oxygen atoms in total. The molecule has 0 aromatic heterocycles. The van der Waals surface area contributed by atoms with Gasteiger partial charge in [-0.3, -0.25) is 4.79 Å². The summed E-state index contributed by atoms with van der Waals surface area (Å²) < 4.78 is 12.9. The van der Waals surface area contributed by atoms with Crippen LogP contribution in [-0.2, 0) is 0 Å². The highest BCUT2D eigenvalue weighted by Crippen LogP contribution is 2.12. The first-order valence-electron chi connectivity index (χ1n) is 5.63. The minimum Gasteiger partial charge on any atom is -0.351 e. The lowest BCUT2D eigenvalue weighted by atomic mass is 9.93. The molecule has 17 heavy (non-hydrogen) atoms. The summed E-state index contributed by atoms with van der Waals surface area (Å²) in [5.41, 5.74) is 0.322. The Labute approximate surface area is 101 Å². The van der Waals surface area contributed by atoms with Crippen LogP contribution in [0.4, 0.5) is 4.39 Å². The van der Waals surface area contributed by atoms with E-state index in [2.05, 4.69) is 24.5 Å². The van der Waals surface area contributed by atoms with Gasteiger partial charge in [0.1, 0.15) is 5.82 Å². The molecule has 0 fully saturated rings. The van der Waals surface area contributed by atoms with Crippen molar-refractivity contribution in [3.05, 3.63) is 35.6 Å². The second-order valence-electron chi connectivity index (χ2n) is 4.89. The lowest BCUT2D eigenvalue weighted by molar-refractivity contribution is 0.0936. The van der Waals surface area contributed by atoms with Crippen LogP contribution in [-0.4, -0.2) is 26.0 Å². The summed E-state index contributed by atoms with van der Waals surface area (Å²) in [4.78, 5) is 11.7. The number of carbonyl (C=O) groups is 1. The zero-order valence-electron chi connectivity index (χ0n) is 10.5. The fourth-order valence-corrected chi connectivity index (χ4v) is 1.59. The summed E-state index contributed by atoms with van der Waals surface area (Å²) in [6.45, 7) is 5.45. The standard InChI is InChI=1S/C13H19FN2O/c1-13(2,8-15-3)9-16-12(17)10-5-4-6-11(14)7-10/h4-7,15H,8-9H2,1-3H3,(H,16,17). The molecule has 0 spiro atoms. The van der Waals surface area contributed by atoms with Crippen molar-refractivity contribution in [3.63, 3.8) is 0 Å². The number of amides is 1.